The van der Waals surface area contributed by atoms with Crippen LogP contribution < -0.4 is 0 Å². The predicted octanol–water partition coefficient (Wildman–Crippen LogP) is 3.24. The van der Waals surface area contributed by atoms with Crippen molar-refractivity contribution in [1.82, 2.24) is 10.1 Å². The Hall–Kier alpha value is -3.05. The summed E-state index contributed by atoms with van der Waals surface area (Å²) in [6, 6.07) is 9.82. The van der Waals surface area contributed by atoms with Gasteiger partial charge in [0.25, 0.3) is 11.6 Å². The fourth-order valence-electron chi connectivity index (χ4n) is 1.81. The number of rotatable bonds is 3. The minimum Gasteiger partial charge on any atom is -0.333 e. The minimum atomic E-state index is -0.503. The van der Waals surface area contributed by atoms with Crippen molar-refractivity contribution in [3.05, 3.63) is 51.4 Å². The summed E-state index contributed by atoms with van der Waals surface area (Å²) in [5, 5.41) is 25.5. The number of nitro groups is 1. The van der Waals surface area contributed by atoms with Gasteiger partial charge in [0.05, 0.1) is 10.5 Å². The maximum Gasteiger partial charge on any atom is 0.280 e. The normalized spacial score (nSPS) is 10.2. The van der Waals surface area contributed by atoms with Crippen LogP contribution in [0.4, 0.5) is 5.69 Å². The van der Waals surface area contributed by atoms with Gasteiger partial charge in [0.15, 0.2) is 0 Å². The highest BCUT2D eigenvalue weighted by Gasteiger charge is 2.21. The molecule has 0 spiro atoms. The largest absolute Gasteiger partial charge is 0.333 e. The van der Waals surface area contributed by atoms with E-state index in [1.54, 1.807) is 29.6 Å². The second-order valence-corrected chi connectivity index (χ2v) is 4.89. The number of thiophene rings is 1. The van der Waals surface area contributed by atoms with Crippen LogP contribution in [0.1, 0.15) is 5.56 Å². The van der Waals surface area contributed by atoms with E-state index >= 15 is 0 Å². The van der Waals surface area contributed by atoms with Crippen molar-refractivity contribution < 1.29 is 9.45 Å². The van der Waals surface area contributed by atoms with Gasteiger partial charge in [0, 0.05) is 6.07 Å². The number of benzene rings is 1. The molecular weight excluding hydrogens is 292 g/mol. The molecule has 0 aliphatic carbocycles. The lowest BCUT2D eigenvalue weighted by molar-refractivity contribution is -0.384. The summed E-state index contributed by atoms with van der Waals surface area (Å²) < 4.78 is 5.12. The molecular formula is C13H6N4O3S. The predicted molar refractivity (Wildman–Crippen MR) is 74.4 cm³/mol. The number of aromatic nitrogens is 2. The molecule has 0 bridgehead atoms. The van der Waals surface area contributed by atoms with E-state index in [9.17, 15) is 10.1 Å². The highest BCUT2D eigenvalue weighted by atomic mass is 32.1. The average molecular weight is 298 g/mol. The van der Waals surface area contributed by atoms with E-state index in [1.807, 2.05) is 6.07 Å². The van der Waals surface area contributed by atoms with Crippen molar-refractivity contribution in [1.29, 1.82) is 5.26 Å². The van der Waals surface area contributed by atoms with Gasteiger partial charge < -0.3 is 4.52 Å². The Kier molecular flexibility index (Phi) is 3.17. The monoisotopic (exact) mass is 298 g/mol. The number of hydrogen-bond acceptors (Lipinski definition) is 7. The minimum absolute atomic E-state index is 0.100. The van der Waals surface area contributed by atoms with Crippen LogP contribution in [-0.4, -0.2) is 15.1 Å². The van der Waals surface area contributed by atoms with Gasteiger partial charge in [-0.3, -0.25) is 10.1 Å². The molecule has 2 aromatic heterocycles. The molecule has 7 nitrogen and oxygen atoms in total. The number of hydrogen-bond donors (Lipinski definition) is 0. The maximum absolute atomic E-state index is 11.0. The Morgan fingerprint density at radius 3 is 2.90 bits per heavy atom. The number of nitriles is 1. The molecule has 0 N–H and O–H groups in total. The highest BCUT2D eigenvalue weighted by molar-refractivity contribution is 7.13. The second kappa shape index (κ2) is 5.15. The molecule has 0 aliphatic rings. The molecule has 0 saturated heterocycles. The molecule has 3 aromatic rings. The van der Waals surface area contributed by atoms with Gasteiger partial charge in [0.1, 0.15) is 16.5 Å². The van der Waals surface area contributed by atoms with Crippen LogP contribution in [0.2, 0.25) is 0 Å². The second-order valence-electron chi connectivity index (χ2n) is 3.97. The lowest BCUT2D eigenvalue weighted by atomic mass is 10.2. The summed E-state index contributed by atoms with van der Waals surface area (Å²) in [6.45, 7) is 0. The molecule has 102 valence electrons. The Morgan fingerprint density at radius 1 is 1.33 bits per heavy atom. The third-order valence-electron chi connectivity index (χ3n) is 2.75. The molecule has 2 heterocycles. The quantitative estimate of drug-likeness (QED) is 0.542. The van der Waals surface area contributed by atoms with Crippen molar-refractivity contribution in [2.45, 2.75) is 0 Å². The van der Waals surface area contributed by atoms with Crippen LogP contribution in [0.15, 0.2) is 40.2 Å². The first-order chi connectivity index (χ1) is 10.2. The molecule has 3 rings (SSSR count). The summed E-state index contributed by atoms with van der Waals surface area (Å²) in [6.07, 6.45) is 0. The molecule has 0 saturated carbocycles. The van der Waals surface area contributed by atoms with Gasteiger partial charge in [-0.05, 0) is 17.5 Å². The van der Waals surface area contributed by atoms with Crippen LogP contribution in [0.5, 0.6) is 0 Å². The Labute approximate surface area is 122 Å². The summed E-state index contributed by atoms with van der Waals surface area (Å²) in [7, 11) is 0. The zero-order chi connectivity index (χ0) is 14.8. The van der Waals surface area contributed by atoms with E-state index in [-0.39, 0.29) is 23.0 Å². The molecule has 0 radical (unpaired) electrons. The van der Waals surface area contributed by atoms with E-state index in [0.717, 1.165) is 0 Å². The molecule has 0 fully saturated rings. The zero-order valence-corrected chi connectivity index (χ0v) is 11.2. The molecule has 0 aliphatic heterocycles. The lowest BCUT2D eigenvalue weighted by Crippen LogP contribution is -1.92. The van der Waals surface area contributed by atoms with Gasteiger partial charge in [-0.2, -0.15) is 10.2 Å². The van der Waals surface area contributed by atoms with Crippen molar-refractivity contribution >= 4 is 17.0 Å². The van der Waals surface area contributed by atoms with Crippen molar-refractivity contribution in [2.75, 3.05) is 0 Å². The Balaban J connectivity index is 2.08. The number of nitrogens with zero attached hydrogens (tertiary/aromatic N) is 4. The van der Waals surface area contributed by atoms with Gasteiger partial charge in [-0.15, -0.1) is 11.3 Å². The SMILES string of the molecule is N#Cc1ccsc1-c1nc(-c2ccccc2[N+](=O)[O-])no1. The van der Waals surface area contributed by atoms with Gasteiger partial charge in [-0.1, -0.05) is 17.3 Å². The van der Waals surface area contributed by atoms with Crippen LogP contribution in [0.25, 0.3) is 22.2 Å². The first kappa shape index (κ1) is 13.0. The first-order valence-corrected chi connectivity index (χ1v) is 6.64. The summed E-state index contributed by atoms with van der Waals surface area (Å²) in [5.41, 5.74) is 0.599. The van der Waals surface area contributed by atoms with Gasteiger partial charge in [0.2, 0.25) is 5.82 Å². The molecule has 0 amide bonds. The Bertz CT molecular complexity index is 862. The van der Waals surface area contributed by atoms with E-state index in [1.165, 1.54) is 17.4 Å². The number of nitro benzene ring substituents is 1. The highest BCUT2D eigenvalue weighted by Crippen LogP contribution is 2.32. The molecule has 0 unspecified atom stereocenters. The third kappa shape index (κ3) is 2.26. The third-order valence-corrected chi connectivity index (χ3v) is 3.65. The molecule has 0 atom stereocenters. The van der Waals surface area contributed by atoms with Gasteiger partial charge in [-0.25, -0.2) is 0 Å². The van der Waals surface area contributed by atoms with Crippen LogP contribution in [0.3, 0.4) is 0 Å². The topological polar surface area (TPSA) is 106 Å². The van der Waals surface area contributed by atoms with Crippen LogP contribution in [-0.2, 0) is 0 Å². The maximum atomic E-state index is 11.0. The summed E-state index contributed by atoms with van der Waals surface area (Å²) >= 11 is 1.29. The lowest BCUT2D eigenvalue weighted by Gasteiger charge is -1.96. The fourth-order valence-corrected chi connectivity index (χ4v) is 2.57. The molecule has 21 heavy (non-hydrogen) atoms. The van der Waals surface area contributed by atoms with E-state index in [4.69, 9.17) is 9.78 Å². The van der Waals surface area contributed by atoms with E-state index in [2.05, 4.69) is 10.1 Å². The molecule has 8 heteroatoms. The van der Waals surface area contributed by atoms with Gasteiger partial charge >= 0.3 is 0 Å². The average Bonchev–Trinajstić information content (AvgIpc) is 3.15. The van der Waals surface area contributed by atoms with Crippen LogP contribution >= 0.6 is 11.3 Å². The fraction of sp³-hybridized carbons (Fsp3) is 0. The van der Waals surface area contributed by atoms with E-state index in [0.29, 0.717) is 10.4 Å². The first-order valence-electron chi connectivity index (χ1n) is 5.76. The molecule has 1 aromatic carbocycles. The van der Waals surface area contributed by atoms with Crippen LogP contribution in [0, 0.1) is 21.4 Å². The standard InChI is InChI=1S/C13H6N4O3S/c14-7-8-5-6-21-11(8)13-15-12(16-20-13)9-3-1-2-4-10(9)17(18)19/h1-6H. The van der Waals surface area contributed by atoms with E-state index < -0.39 is 4.92 Å². The van der Waals surface area contributed by atoms with Crippen molar-refractivity contribution in [3.8, 4) is 28.2 Å². The number of para-hydroxylation sites is 1. The smallest absolute Gasteiger partial charge is 0.280 e. The zero-order valence-electron chi connectivity index (χ0n) is 10.4. The summed E-state index contributed by atoms with van der Waals surface area (Å²) in [5.74, 6) is 0.296. The van der Waals surface area contributed by atoms with Crippen molar-refractivity contribution in [2.24, 2.45) is 0 Å². The Morgan fingerprint density at radius 2 is 2.14 bits per heavy atom. The van der Waals surface area contributed by atoms with Crippen molar-refractivity contribution in [3.63, 3.8) is 0 Å². The summed E-state index contributed by atoms with van der Waals surface area (Å²) in [4.78, 5) is 15.2.